The fourth-order valence-electron chi connectivity index (χ4n) is 4.44. The van der Waals surface area contributed by atoms with E-state index in [1.807, 2.05) is 25.1 Å². The smallest absolute Gasteiger partial charge is 0.303 e. The van der Waals surface area contributed by atoms with Gasteiger partial charge in [0.05, 0.1) is 0 Å². The molecule has 0 aliphatic heterocycles. The number of phosphoric ester groups is 1. The second-order valence-electron chi connectivity index (χ2n) is 9.55. The van der Waals surface area contributed by atoms with E-state index in [4.69, 9.17) is 4.52 Å². The topological polar surface area (TPSA) is 66.8 Å². The standard InChI is InChI=1S/C22H39O4P/c1-8-10-13-16-22(9-2,26-27(23,24)25)19-15-12-11-14-18(19)21(6,7)17-20(3,4)5/h11-12,14-15H,8-10,13,16-17H2,1-7H3,(H2,23,24,25). The molecule has 2 N–H and O–H groups in total. The fourth-order valence-corrected chi connectivity index (χ4v) is 5.22. The Balaban J connectivity index is 3.51. The summed E-state index contributed by atoms with van der Waals surface area (Å²) in [7, 11) is -4.63. The van der Waals surface area contributed by atoms with Crippen LogP contribution in [0.2, 0.25) is 0 Å². The van der Waals surface area contributed by atoms with E-state index in [2.05, 4.69) is 47.6 Å². The van der Waals surface area contributed by atoms with E-state index in [0.29, 0.717) is 12.8 Å². The molecule has 0 aliphatic rings. The molecule has 0 aromatic heterocycles. The van der Waals surface area contributed by atoms with Crippen molar-refractivity contribution in [2.75, 3.05) is 0 Å². The Bertz CT molecular complexity index is 642. The molecule has 1 unspecified atom stereocenters. The van der Waals surface area contributed by atoms with Crippen LogP contribution < -0.4 is 0 Å². The van der Waals surface area contributed by atoms with Crippen LogP contribution in [0, 0.1) is 5.41 Å². The van der Waals surface area contributed by atoms with Crippen LogP contribution in [0.1, 0.15) is 98.1 Å². The zero-order valence-electron chi connectivity index (χ0n) is 18.2. The number of hydrogen-bond donors (Lipinski definition) is 2. The molecule has 5 heteroatoms. The molecule has 4 nitrogen and oxygen atoms in total. The van der Waals surface area contributed by atoms with Gasteiger partial charge in [0.2, 0.25) is 0 Å². The molecule has 0 aliphatic carbocycles. The van der Waals surface area contributed by atoms with Crippen molar-refractivity contribution in [2.45, 2.75) is 98.0 Å². The van der Waals surface area contributed by atoms with Gasteiger partial charge in [0.1, 0.15) is 5.60 Å². The lowest BCUT2D eigenvalue weighted by Gasteiger charge is -2.40. The second-order valence-corrected chi connectivity index (χ2v) is 10.7. The van der Waals surface area contributed by atoms with Crippen LogP contribution >= 0.6 is 7.82 Å². The first-order valence-corrected chi connectivity index (χ1v) is 11.7. The van der Waals surface area contributed by atoms with Crippen molar-refractivity contribution >= 4 is 7.82 Å². The summed E-state index contributed by atoms with van der Waals surface area (Å²) in [6, 6.07) is 8.03. The number of phosphoric acid groups is 1. The van der Waals surface area contributed by atoms with E-state index in [0.717, 1.165) is 36.8 Å². The average Bonchev–Trinajstić information content (AvgIpc) is 2.50. The van der Waals surface area contributed by atoms with Crippen molar-refractivity contribution in [1.82, 2.24) is 0 Å². The maximum Gasteiger partial charge on any atom is 0.470 e. The third-order valence-electron chi connectivity index (χ3n) is 5.17. The fraction of sp³-hybridized carbons (Fsp3) is 0.727. The normalized spacial score (nSPS) is 15.6. The van der Waals surface area contributed by atoms with Gasteiger partial charge in [-0.1, -0.05) is 92.0 Å². The van der Waals surface area contributed by atoms with Crippen LogP contribution in [-0.4, -0.2) is 9.79 Å². The van der Waals surface area contributed by atoms with Gasteiger partial charge in [-0.15, -0.1) is 0 Å². The predicted octanol–water partition coefficient (Wildman–Crippen LogP) is 6.70. The van der Waals surface area contributed by atoms with Crippen molar-refractivity contribution in [1.29, 1.82) is 0 Å². The lowest BCUT2D eigenvalue weighted by atomic mass is 9.68. The first kappa shape index (κ1) is 24.4. The molecule has 27 heavy (non-hydrogen) atoms. The molecule has 0 radical (unpaired) electrons. The maximum absolute atomic E-state index is 11.9. The van der Waals surface area contributed by atoms with Crippen LogP contribution in [0.3, 0.4) is 0 Å². The SMILES string of the molecule is CCCCCC(CC)(OP(=O)(O)O)c1ccccc1C(C)(C)CC(C)(C)C. The second kappa shape index (κ2) is 9.22. The van der Waals surface area contributed by atoms with Gasteiger partial charge in [-0.3, -0.25) is 4.52 Å². The Morgan fingerprint density at radius 2 is 1.52 bits per heavy atom. The highest BCUT2D eigenvalue weighted by atomic mass is 31.2. The molecule has 0 fully saturated rings. The number of rotatable bonds is 10. The largest absolute Gasteiger partial charge is 0.470 e. The van der Waals surface area contributed by atoms with E-state index in [9.17, 15) is 14.4 Å². The van der Waals surface area contributed by atoms with Crippen LogP contribution in [-0.2, 0) is 20.1 Å². The minimum Gasteiger partial charge on any atom is -0.303 e. The molecule has 0 bridgehead atoms. The van der Waals surface area contributed by atoms with Gasteiger partial charge in [-0.05, 0) is 41.2 Å². The number of benzene rings is 1. The molecular weight excluding hydrogens is 359 g/mol. The highest BCUT2D eigenvalue weighted by Gasteiger charge is 2.41. The van der Waals surface area contributed by atoms with E-state index < -0.39 is 13.4 Å². The van der Waals surface area contributed by atoms with Gasteiger partial charge in [0.15, 0.2) is 0 Å². The minimum atomic E-state index is -4.63. The summed E-state index contributed by atoms with van der Waals surface area (Å²) in [5, 5.41) is 0. The minimum absolute atomic E-state index is 0.137. The summed E-state index contributed by atoms with van der Waals surface area (Å²) in [5.41, 5.74) is 1.06. The van der Waals surface area contributed by atoms with Crippen molar-refractivity contribution in [3.05, 3.63) is 35.4 Å². The van der Waals surface area contributed by atoms with Crippen LogP contribution in [0.15, 0.2) is 24.3 Å². The van der Waals surface area contributed by atoms with Crippen LogP contribution in [0.25, 0.3) is 0 Å². The van der Waals surface area contributed by atoms with E-state index in [1.165, 1.54) is 0 Å². The van der Waals surface area contributed by atoms with Crippen LogP contribution in [0.5, 0.6) is 0 Å². The third-order valence-corrected chi connectivity index (χ3v) is 5.76. The quantitative estimate of drug-likeness (QED) is 0.340. The van der Waals surface area contributed by atoms with E-state index >= 15 is 0 Å². The summed E-state index contributed by atoms with van der Waals surface area (Å²) in [4.78, 5) is 19.3. The number of unbranched alkanes of at least 4 members (excludes halogenated alkanes) is 2. The van der Waals surface area contributed by atoms with Crippen LogP contribution in [0.4, 0.5) is 0 Å². The highest BCUT2D eigenvalue weighted by molar-refractivity contribution is 7.46. The molecule has 1 rings (SSSR count). The third kappa shape index (κ3) is 7.34. The van der Waals surface area contributed by atoms with E-state index in [1.54, 1.807) is 0 Å². The zero-order valence-corrected chi connectivity index (χ0v) is 19.1. The van der Waals surface area contributed by atoms with E-state index in [-0.39, 0.29) is 10.8 Å². The summed E-state index contributed by atoms with van der Waals surface area (Å²) in [6.45, 7) is 15.2. The lowest BCUT2D eigenvalue weighted by Crippen LogP contribution is -2.34. The van der Waals surface area contributed by atoms with Gasteiger partial charge < -0.3 is 9.79 Å². The van der Waals surface area contributed by atoms with Gasteiger partial charge in [0, 0.05) is 0 Å². The molecule has 156 valence electrons. The lowest BCUT2D eigenvalue weighted by molar-refractivity contribution is 0.0150. The Kier molecular flexibility index (Phi) is 8.32. The average molecular weight is 399 g/mol. The molecule has 1 aromatic rings. The summed E-state index contributed by atoms with van der Waals surface area (Å²) in [5.74, 6) is 0. The summed E-state index contributed by atoms with van der Waals surface area (Å²) in [6.07, 6.45) is 5.02. The molecule has 0 amide bonds. The zero-order chi connectivity index (χ0) is 20.9. The Hall–Kier alpha value is -0.670. The van der Waals surface area contributed by atoms with Gasteiger partial charge >= 0.3 is 7.82 Å². The highest BCUT2D eigenvalue weighted by Crippen LogP contribution is 2.52. The molecule has 1 atom stereocenters. The monoisotopic (exact) mass is 398 g/mol. The summed E-state index contributed by atoms with van der Waals surface area (Å²) < 4.78 is 17.4. The predicted molar refractivity (Wildman–Crippen MR) is 113 cm³/mol. The molecule has 1 aromatic carbocycles. The Morgan fingerprint density at radius 1 is 0.963 bits per heavy atom. The van der Waals surface area contributed by atoms with Gasteiger partial charge in [-0.2, -0.15) is 0 Å². The maximum atomic E-state index is 11.9. The molecule has 0 spiro atoms. The molecule has 0 heterocycles. The Labute approximate surface area is 166 Å². The first-order valence-electron chi connectivity index (χ1n) is 10.1. The van der Waals surface area contributed by atoms with Crippen molar-refractivity contribution < 1.29 is 18.9 Å². The van der Waals surface area contributed by atoms with Crippen molar-refractivity contribution in [2.24, 2.45) is 5.41 Å². The summed E-state index contributed by atoms with van der Waals surface area (Å²) >= 11 is 0. The van der Waals surface area contributed by atoms with Crippen molar-refractivity contribution in [3.8, 4) is 0 Å². The van der Waals surface area contributed by atoms with Crippen molar-refractivity contribution in [3.63, 3.8) is 0 Å². The number of hydrogen-bond acceptors (Lipinski definition) is 2. The van der Waals surface area contributed by atoms with Gasteiger partial charge in [-0.25, -0.2) is 4.57 Å². The first-order chi connectivity index (χ1) is 12.3. The molecule has 0 saturated carbocycles. The Morgan fingerprint density at radius 3 is 1.96 bits per heavy atom. The van der Waals surface area contributed by atoms with Gasteiger partial charge in [0.25, 0.3) is 0 Å². The molecular formula is C22H39O4P. The molecule has 0 saturated heterocycles.